The van der Waals surface area contributed by atoms with Crippen LogP contribution >= 0.6 is 0 Å². The van der Waals surface area contributed by atoms with E-state index in [9.17, 15) is 4.39 Å². The summed E-state index contributed by atoms with van der Waals surface area (Å²) >= 11 is 0. The summed E-state index contributed by atoms with van der Waals surface area (Å²) in [7, 11) is 0. The average Bonchev–Trinajstić information content (AvgIpc) is 2.93. The van der Waals surface area contributed by atoms with Crippen LogP contribution in [0.1, 0.15) is 11.4 Å². The lowest BCUT2D eigenvalue weighted by molar-refractivity contribution is 0.271. The second-order valence-corrected chi connectivity index (χ2v) is 6.11. The fourth-order valence-corrected chi connectivity index (χ4v) is 3.17. The maximum Gasteiger partial charge on any atom is 0.164 e. The highest BCUT2D eigenvalue weighted by Gasteiger charge is 2.19. The largest absolute Gasteiger partial charge is 0.310 e. The summed E-state index contributed by atoms with van der Waals surface area (Å²) in [6, 6.07) is 16.9. The van der Waals surface area contributed by atoms with Crippen LogP contribution in [0.4, 0.5) is 4.39 Å². The van der Waals surface area contributed by atoms with Crippen LogP contribution in [0, 0.1) is 5.82 Å². The topological polar surface area (TPSA) is 34.0 Å². The number of rotatable bonds is 3. The lowest BCUT2D eigenvalue weighted by atomic mass is 10.2. The Morgan fingerprint density at radius 3 is 2.46 bits per heavy atom. The van der Waals surface area contributed by atoms with Crippen molar-refractivity contribution in [1.29, 1.82) is 0 Å². The van der Waals surface area contributed by atoms with E-state index >= 15 is 0 Å². The molecule has 24 heavy (non-hydrogen) atoms. The minimum Gasteiger partial charge on any atom is -0.310 e. The van der Waals surface area contributed by atoms with Crippen LogP contribution in [0.25, 0.3) is 11.4 Å². The number of nitrogens with zero attached hydrogens (tertiary/aromatic N) is 4. The van der Waals surface area contributed by atoms with Crippen LogP contribution in [0.2, 0.25) is 0 Å². The first kappa shape index (κ1) is 15.0. The van der Waals surface area contributed by atoms with E-state index in [1.165, 1.54) is 12.1 Å². The van der Waals surface area contributed by atoms with Gasteiger partial charge in [-0.15, -0.1) is 10.2 Å². The molecule has 2 heterocycles. The monoisotopic (exact) mass is 322 g/mol. The molecule has 0 saturated carbocycles. The molecule has 2 aromatic carbocycles. The van der Waals surface area contributed by atoms with E-state index < -0.39 is 0 Å². The third-order valence-corrected chi connectivity index (χ3v) is 4.47. The first-order valence-electron chi connectivity index (χ1n) is 8.24. The van der Waals surface area contributed by atoms with Crippen molar-refractivity contribution in [3.63, 3.8) is 0 Å². The molecule has 1 aliphatic rings. The summed E-state index contributed by atoms with van der Waals surface area (Å²) in [5, 5.41) is 8.76. The van der Waals surface area contributed by atoms with E-state index in [1.54, 1.807) is 0 Å². The summed E-state index contributed by atoms with van der Waals surface area (Å²) in [5.74, 6) is 1.79. The van der Waals surface area contributed by atoms with Gasteiger partial charge in [0.1, 0.15) is 11.6 Å². The second-order valence-electron chi connectivity index (χ2n) is 6.11. The van der Waals surface area contributed by atoms with Gasteiger partial charge in [0.15, 0.2) is 5.82 Å². The molecule has 0 fully saturated rings. The number of hydrogen-bond donors (Lipinski definition) is 0. The Balaban J connectivity index is 1.50. The third-order valence-electron chi connectivity index (χ3n) is 4.47. The van der Waals surface area contributed by atoms with Crippen LogP contribution in [-0.2, 0) is 19.5 Å². The number of hydrogen-bond acceptors (Lipinski definition) is 3. The van der Waals surface area contributed by atoms with Gasteiger partial charge in [-0.25, -0.2) is 4.39 Å². The molecule has 4 rings (SSSR count). The summed E-state index contributed by atoms with van der Waals surface area (Å²) in [6.45, 7) is 3.57. The average molecular weight is 322 g/mol. The molecule has 0 saturated heterocycles. The number of fused-ring (bicyclic) bond motifs is 1. The summed E-state index contributed by atoms with van der Waals surface area (Å²) in [5.41, 5.74) is 2.24. The molecule has 0 N–H and O–H groups in total. The molecular weight excluding hydrogens is 303 g/mol. The summed E-state index contributed by atoms with van der Waals surface area (Å²) in [6.07, 6.45) is 0.876. The highest BCUT2D eigenvalue weighted by atomic mass is 19.1. The zero-order valence-corrected chi connectivity index (χ0v) is 13.4. The van der Waals surface area contributed by atoms with Gasteiger partial charge in [-0.05, 0) is 17.7 Å². The number of aromatic nitrogens is 3. The Morgan fingerprint density at radius 1 is 0.875 bits per heavy atom. The van der Waals surface area contributed by atoms with E-state index in [4.69, 9.17) is 0 Å². The van der Waals surface area contributed by atoms with Crippen LogP contribution < -0.4 is 0 Å². The zero-order chi connectivity index (χ0) is 16.4. The Labute approximate surface area is 140 Å². The standard InChI is InChI=1S/C19H19FN4/c20-17-8-6-15(7-9-17)14-23-11-10-18-21-22-19(24(18)13-12-23)16-4-2-1-3-5-16/h1-9H,10-14H2. The minimum atomic E-state index is -0.187. The van der Waals surface area contributed by atoms with Crippen molar-refractivity contribution in [3.8, 4) is 11.4 Å². The van der Waals surface area contributed by atoms with Crippen molar-refractivity contribution in [1.82, 2.24) is 19.7 Å². The number of benzene rings is 2. The van der Waals surface area contributed by atoms with E-state index in [-0.39, 0.29) is 5.82 Å². The van der Waals surface area contributed by atoms with Gasteiger partial charge in [-0.2, -0.15) is 0 Å². The van der Waals surface area contributed by atoms with Gasteiger partial charge >= 0.3 is 0 Å². The van der Waals surface area contributed by atoms with E-state index in [1.807, 2.05) is 30.3 Å². The van der Waals surface area contributed by atoms with Crippen molar-refractivity contribution in [2.75, 3.05) is 13.1 Å². The Kier molecular flexibility index (Phi) is 4.09. The van der Waals surface area contributed by atoms with Gasteiger partial charge in [-0.1, -0.05) is 42.5 Å². The molecule has 5 heteroatoms. The molecule has 0 radical (unpaired) electrons. The molecule has 122 valence electrons. The fourth-order valence-electron chi connectivity index (χ4n) is 3.17. The molecule has 0 bridgehead atoms. The van der Waals surface area contributed by atoms with Gasteiger partial charge in [0.2, 0.25) is 0 Å². The Hall–Kier alpha value is -2.53. The maximum absolute atomic E-state index is 13.0. The summed E-state index contributed by atoms with van der Waals surface area (Å²) in [4.78, 5) is 2.39. The first-order chi connectivity index (χ1) is 11.8. The molecule has 1 aromatic heterocycles. The molecule has 1 aliphatic heterocycles. The molecule has 0 spiro atoms. The molecular formula is C19H19FN4. The third kappa shape index (κ3) is 3.08. The second kappa shape index (κ2) is 6.53. The molecule has 0 unspecified atom stereocenters. The van der Waals surface area contributed by atoms with Crippen LogP contribution in [-0.4, -0.2) is 32.8 Å². The highest BCUT2D eigenvalue weighted by molar-refractivity contribution is 5.55. The lowest BCUT2D eigenvalue weighted by Gasteiger charge is -2.19. The van der Waals surface area contributed by atoms with Crippen LogP contribution in [0.3, 0.4) is 0 Å². The molecule has 0 atom stereocenters. The zero-order valence-electron chi connectivity index (χ0n) is 13.4. The van der Waals surface area contributed by atoms with Gasteiger partial charge in [-0.3, -0.25) is 4.90 Å². The highest BCUT2D eigenvalue weighted by Crippen LogP contribution is 2.20. The van der Waals surface area contributed by atoms with Crippen molar-refractivity contribution >= 4 is 0 Å². The summed E-state index contributed by atoms with van der Waals surface area (Å²) < 4.78 is 15.3. The molecule has 0 aliphatic carbocycles. The van der Waals surface area contributed by atoms with E-state index in [0.29, 0.717) is 0 Å². The van der Waals surface area contributed by atoms with Gasteiger partial charge in [0.25, 0.3) is 0 Å². The minimum absolute atomic E-state index is 0.187. The Bertz CT molecular complexity index is 811. The van der Waals surface area contributed by atoms with Crippen molar-refractivity contribution in [2.45, 2.75) is 19.5 Å². The van der Waals surface area contributed by atoms with Crippen molar-refractivity contribution in [3.05, 3.63) is 71.8 Å². The van der Waals surface area contributed by atoms with Crippen molar-refractivity contribution in [2.24, 2.45) is 0 Å². The quantitative estimate of drug-likeness (QED) is 0.743. The Morgan fingerprint density at radius 2 is 1.67 bits per heavy atom. The first-order valence-corrected chi connectivity index (χ1v) is 8.24. The van der Waals surface area contributed by atoms with Gasteiger partial charge in [0, 0.05) is 38.2 Å². The maximum atomic E-state index is 13.0. The fraction of sp³-hybridized carbons (Fsp3) is 0.263. The van der Waals surface area contributed by atoms with Crippen LogP contribution in [0.15, 0.2) is 54.6 Å². The smallest absolute Gasteiger partial charge is 0.164 e. The van der Waals surface area contributed by atoms with Gasteiger partial charge < -0.3 is 4.57 Å². The molecule has 4 nitrogen and oxygen atoms in total. The van der Waals surface area contributed by atoms with Gasteiger partial charge in [0.05, 0.1) is 0 Å². The lowest BCUT2D eigenvalue weighted by Crippen LogP contribution is -2.26. The predicted octanol–water partition coefficient (Wildman–Crippen LogP) is 3.14. The normalized spacial score (nSPS) is 15.0. The SMILES string of the molecule is Fc1ccc(CN2CCc3nnc(-c4ccccc4)n3CC2)cc1. The van der Waals surface area contributed by atoms with E-state index in [0.717, 1.165) is 55.4 Å². The van der Waals surface area contributed by atoms with Crippen LogP contribution in [0.5, 0.6) is 0 Å². The number of halogens is 1. The molecule has 3 aromatic rings. The van der Waals surface area contributed by atoms with Crippen molar-refractivity contribution < 1.29 is 4.39 Å². The predicted molar refractivity (Wildman–Crippen MR) is 90.8 cm³/mol. The van der Waals surface area contributed by atoms with E-state index in [2.05, 4.69) is 31.8 Å². The molecule has 0 amide bonds.